The van der Waals surface area contributed by atoms with Crippen molar-refractivity contribution >= 4 is 17.2 Å². The first-order valence-corrected chi connectivity index (χ1v) is 9.28. The zero-order valence-corrected chi connectivity index (χ0v) is 14.3. The standard InChI is InChI=1S/C17H26N2O2S/c1-11-10-22-17(18-11)16(13-6-7-13)19-15(20)9-12-4-3-5-14(8-12)21-2/h10,12-14,16H,3-9H2,1-2H3,(H,19,20). The summed E-state index contributed by atoms with van der Waals surface area (Å²) in [5.74, 6) is 1.25. The van der Waals surface area contributed by atoms with Crippen molar-refractivity contribution in [3.05, 3.63) is 16.1 Å². The number of nitrogens with one attached hydrogen (secondary N) is 1. The largest absolute Gasteiger partial charge is 0.381 e. The number of carbonyl (C=O) groups excluding carboxylic acids is 1. The fourth-order valence-corrected chi connectivity index (χ4v) is 4.40. The van der Waals surface area contributed by atoms with Crippen molar-refractivity contribution in [2.75, 3.05) is 7.11 Å². The van der Waals surface area contributed by atoms with Crippen molar-refractivity contribution in [2.45, 2.75) is 64.0 Å². The van der Waals surface area contributed by atoms with Crippen molar-refractivity contribution in [1.29, 1.82) is 0 Å². The van der Waals surface area contributed by atoms with Gasteiger partial charge in [0.2, 0.25) is 5.91 Å². The second kappa shape index (κ2) is 7.09. The average Bonchev–Trinajstić information content (AvgIpc) is 3.26. The topological polar surface area (TPSA) is 51.2 Å². The van der Waals surface area contributed by atoms with E-state index in [1.807, 2.05) is 6.92 Å². The molecule has 2 aliphatic rings. The van der Waals surface area contributed by atoms with E-state index < -0.39 is 0 Å². The molecule has 2 saturated carbocycles. The number of aryl methyl sites for hydroxylation is 1. The lowest BCUT2D eigenvalue weighted by Crippen LogP contribution is -2.33. The van der Waals surface area contributed by atoms with Gasteiger partial charge < -0.3 is 10.1 Å². The molecule has 2 fully saturated rings. The molecule has 22 heavy (non-hydrogen) atoms. The Balaban J connectivity index is 1.55. The predicted molar refractivity (Wildman–Crippen MR) is 87.8 cm³/mol. The van der Waals surface area contributed by atoms with Crippen molar-refractivity contribution in [3.63, 3.8) is 0 Å². The normalized spacial score (nSPS) is 26.6. The molecule has 1 aromatic heterocycles. The number of carbonyl (C=O) groups is 1. The zero-order valence-electron chi connectivity index (χ0n) is 13.5. The number of thiazole rings is 1. The van der Waals surface area contributed by atoms with Crippen LogP contribution in [0, 0.1) is 18.8 Å². The first-order chi connectivity index (χ1) is 10.7. The van der Waals surface area contributed by atoms with Gasteiger partial charge in [0, 0.05) is 24.6 Å². The molecule has 0 spiro atoms. The van der Waals surface area contributed by atoms with Crippen LogP contribution in [0.15, 0.2) is 5.38 Å². The predicted octanol–water partition coefficient (Wildman–Crippen LogP) is 3.61. The van der Waals surface area contributed by atoms with E-state index in [0.717, 1.165) is 30.0 Å². The SMILES string of the molecule is COC1CCCC(CC(=O)NC(c2nc(C)cs2)C2CC2)C1. The molecule has 0 radical (unpaired) electrons. The molecular formula is C17H26N2O2S. The lowest BCUT2D eigenvalue weighted by atomic mass is 9.85. The van der Waals surface area contributed by atoms with Crippen LogP contribution in [0.2, 0.25) is 0 Å². The molecule has 3 rings (SSSR count). The summed E-state index contributed by atoms with van der Waals surface area (Å²) in [4.78, 5) is 17.0. The summed E-state index contributed by atoms with van der Waals surface area (Å²) in [6.45, 7) is 2.01. The van der Waals surface area contributed by atoms with Gasteiger partial charge in [-0.15, -0.1) is 11.3 Å². The first-order valence-electron chi connectivity index (χ1n) is 8.40. The van der Waals surface area contributed by atoms with E-state index in [4.69, 9.17) is 4.74 Å². The third-order valence-corrected chi connectivity index (χ3v) is 5.90. The Bertz CT molecular complexity index is 513. The highest BCUT2D eigenvalue weighted by Crippen LogP contribution is 2.42. The quantitative estimate of drug-likeness (QED) is 0.870. The molecule has 1 heterocycles. The van der Waals surface area contributed by atoms with Crippen LogP contribution in [0.25, 0.3) is 0 Å². The van der Waals surface area contributed by atoms with Crippen LogP contribution < -0.4 is 5.32 Å². The lowest BCUT2D eigenvalue weighted by Gasteiger charge is -2.28. The third kappa shape index (κ3) is 4.07. The number of rotatable bonds is 6. The highest BCUT2D eigenvalue weighted by atomic mass is 32.1. The Kier molecular flexibility index (Phi) is 5.14. The number of hydrogen-bond acceptors (Lipinski definition) is 4. The smallest absolute Gasteiger partial charge is 0.220 e. The van der Waals surface area contributed by atoms with Crippen molar-refractivity contribution in [1.82, 2.24) is 10.3 Å². The summed E-state index contributed by atoms with van der Waals surface area (Å²) in [5.41, 5.74) is 1.05. The Morgan fingerprint density at radius 1 is 1.45 bits per heavy atom. The van der Waals surface area contributed by atoms with Gasteiger partial charge in [-0.3, -0.25) is 4.79 Å². The maximum absolute atomic E-state index is 12.5. The van der Waals surface area contributed by atoms with Crippen LogP contribution in [-0.4, -0.2) is 24.1 Å². The summed E-state index contributed by atoms with van der Waals surface area (Å²) in [6, 6.07) is 0.132. The third-order valence-electron chi connectivity index (χ3n) is 4.85. The minimum atomic E-state index is 0.132. The van der Waals surface area contributed by atoms with Crippen LogP contribution in [0.1, 0.15) is 61.7 Å². The molecule has 0 saturated heterocycles. The number of aromatic nitrogens is 1. The first kappa shape index (κ1) is 15.9. The molecule has 122 valence electrons. The number of methoxy groups -OCH3 is 1. The van der Waals surface area contributed by atoms with Gasteiger partial charge in [-0.25, -0.2) is 4.98 Å². The van der Waals surface area contributed by atoms with Gasteiger partial charge in [0.15, 0.2) is 0 Å². The molecule has 0 aromatic carbocycles. The van der Waals surface area contributed by atoms with Gasteiger partial charge in [-0.1, -0.05) is 6.42 Å². The number of nitrogens with zero attached hydrogens (tertiary/aromatic N) is 1. The molecule has 0 aliphatic heterocycles. The highest BCUT2D eigenvalue weighted by molar-refractivity contribution is 7.09. The van der Waals surface area contributed by atoms with E-state index in [2.05, 4.69) is 15.7 Å². The van der Waals surface area contributed by atoms with Gasteiger partial charge >= 0.3 is 0 Å². The molecule has 3 unspecified atom stereocenters. The minimum Gasteiger partial charge on any atom is -0.381 e. The number of ether oxygens (including phenoxy) is 1. The minimum absolute atomic E-state index is 0.132. The molecule has 4 nitrogen and oxygen atoms in total. The summed E-state index contributed by atoms with van der Waals surface area (Å²) in [7, 11) is 1.78. The van der Waals surface area contributed by atoms with Gasteiger partial charge in [-0.05, 0) is 50.9 Å². The van der Waals surface area contributed by atoms with Crippen LogP contribution >= 0.6 is 11.3 Å². The van der Waals surface area contributed by atoms with Crippen molar-refractivity contribution < 1.29 is 9.53 Å². The summed E-state index contributed by atoms with van der Waals surface area (Å²) in [6.07, 6.45) is 7.87. The number of hydrogen-bond donors (Lipinski definition) is 1. The lowest BCUT2D eigenvalue weighted by molar-refractivity contribution is -0.123. The van der Waals surface area contributed by atoms with Crippen molar-refractivity contribution in [3.8, 4) is 0 Å². The maximum Gasteiger partial charge on any atom is 0.220 e. The maximum atomic E-state index is 12.5. The summed E-state index contributed by atoms with van der Waals surface area (Å²) < 4.78 is 5.46. The number of amides is 1. The second-order valence-electron chi connectivity index (χ2n) is 6.80. The Hall–Kier alpha value is -0.940. The van der Waals surface area contributed by atoms with E-state index >= 15 is 0 Å². The summed E-state index contributed by atoms with van der Waals surface area (Å²) in [5, 5.41) is 6.40. The van der Waals surface area contributed by atoms with Crippen LogP contribution in [-0.2, 0) is 9.53 Å². The molecular weight excluding hydrogens is 296 g/mol. The molecule has 1 aromatic rings. The Morgan fingerprint density at radius 2 is 2.27 bits per heavy atom. The van der Waals surface area contributed by atoms with Crippen molar-refractivity contribution in [2.24, 2.45) is 11.8 Å². The van der Waals surface area contributed by atoms with Gasteiger partial charge in [-0.2, -0.15) is 0 Å². The van der Waals surface area contributed by atoms with E-state index in [1.54, 1.807) is 18.4 Å². The van der Waals surface area contributed by atoms with E-state index in [0.29, 0.717) is 24.4 Å². The monoisotopic (exact) mass is 322 g/mol. The highest BCUT2D eigenvalue weighted by Gasteiger charge is 2.35. The molecule has 1 amide bonds. The molecule has 2 aliphatic carbocycles. The van der Waals surface area contributed by atoms with Gasteiger partial charge in [0.1, 0.15) is 5.01 Å². The van der Waals surface area contributed by atoms with Crippen LogP contribution in [0.4, 0.5) is 0 Å². The van der Waals surface area contributed by atoms with E-state index in [1.165, 1.54) is 19.3 Å². The molecule has 1 N–H and O–H groups in total. The molecule has 3 atom stereocenters. The molecule has 0 bridgehead atoms. The van der Waals surface area contributed by atoms with E-state index in [9.17, 15) is 4.79 Å². The van der Waals surface area contributed by atoms with E-state index in [-0.39, 0.29) is 11.9 Å². The zero-order chi connectivity index (χ0) is 15.5. The fraction of sp³-hybridized carbons (Fsp3) is 0.765. The average molecular weight is 322 g/mol. The second-order valence-corrected chi connectivity index (χ2v) is 7.69. The Morgan fingerprint density at radius 3 is 2.91 bits per heavy atom. The van der Waals surface area contributed by atoms with Gasteiger partial charge in [0.05, 0.1) is 12.1 Å². The van der Waals surface area contributed by atoms with Crippen LogP contribution in [0.3, 0.4) is 0 Å². The summed E-state index contributed by atoms with van der Waals surface area (Å²) >= 11 is 1.67. The fourth-order valence-electron chi connectivity index (χ4n) is 3.46. The van der Waals surface area contributed by atoms with Gasteiger partial charge in [0.25, 0.3) is 0 Å². The van der Waals surface area contributed by atoms with Crippen LogP contribution in [0.5, 0.6) is 0 Å². The Labute approximate surface area is 136 Å². The molecule has 5 heteroatoms.